The number of amides is 1. The summed E-state index contributed by atoms with van der Waals surface area (Å²) in [6.45, 7) is 4.82. The molecule has 0 atom stereocenters. The third-order valence-corrected chi connectivity index (χ3v) is 4.39. The Morgan fingerprint density at radius 1 is 1.07 bits per heavy atom. The first kappa shape index (κ1) is 19.0. The van der Waals surface area contributed by atoms with Gasteiger partial charge in [-0.3, -0.25) is 4.79 Å². The number of piperazine rings is 1. The molecule has 144 valence electrons. The minimum absolute atomic E-state index is 0.182. The maximum absolute atomic E-state index is 12.1. The van der Waals surface area contributed by atoms with Crippen LogP contribution in [0, 0.1) is 0 Å². The van der Waals surface area contributed by atoms with E-state index in [2.05, 4.69) is 40.2 Å². The highest BCUT2D eigenvalue weighted by atomic mass is 16.1. The van der Waals surface area contributed by atoms with Crippen molar-refractivity contribution in [2.75, 3.05) is 63.2 Å². The van der Waals surface area contributed by atoms with Crippen molar-refractivity contribution in [1.29, 1.82) is 0 Å². The van der Waals surface area contributed by atoms with Crippen LogP contribution < -0.4 is 15.1 Å². The van der Waals surface area contributed by atoms with Crippen LogP contribution in [-0.4, -0.2) is 84.3 Å². The molecule has 0 saturated carbocycles. The van der Waals surface area contributed by atoms with E-state index >= 15 is 0 Å². The van der Waals surface area contributed by atoms with E-state index in [0.717, 1.165) is 50.9 Å². The molecule has 0 unspecified atom stereocenters. The molecule has 0 spiro atoms. The molecule has 1 aliphatic rings. The zero-order valence-corrected chi connectivity index (χ0v) is 15.9. The number of nitrogens with one attached hydrogen (secondary N) is 1. The van der Waals surface area contributed by atoms with Crippen LogP contribution in [0.25, 0.3) is 0 Å². The first-order chi connectivity index (χ1) is 13.1. The standard InChI is InChI=1S/C18H26N8O/c1-24(2)10-4-9-19-17(27)15-5-6-16(23-22-15)25-11-13-26(14-12-25)18-20-7-3-8-21-18/h3,5-8H,4,9-14H2,1-2H3,(H,19,27). The van der Waals surface area contributed by atoms with E-state index in [0.29, 0.717) is 12.2 Å². The van der Waals surface area contributed by atoms with E-state index < -0.39 is 0 Å². The fourth-order valence-corrected chi connectivity index (χ4v) is 2.89. The number of aromatic nitrogens is 4. The molecule has 1 N–H and O–H groups in total. The van der Waals surface area contributed by atoms with E-state index in [-0.39, 0.29) is 5.91 Å². The van der Waals surface area contributed by atoms with Crippen LogP contribution >= 0.6 is 0 Å². The number of nitrogens with zero attached hydrogens (tertiary/aromatic N) is 7. The van der Waals surface area contributed by atoms with Crippen LogP contribution in [0.1, 0.15) is 16.9 Å². The fraction of sp³-hybridized carbons (Fsp3) is 0.500. The molecule has 2 aromatic rings. The molecule has 2 aromatic heterocycles. The summed E-state index contributed by atoms with van der Waals surface area (Å²) < 4.78 is 0. The molecular weight excluding hydrogens is 344 g/mol. The molecule has 9 nitrogen and oxygen atoms in total. The summed E-state index contributed by atoms with van der Waals surface area (Å²) >= 11 is 0. The third-order valence-electron chi connectivity index (χ3n) is 4.39. The molecule has 0 radical (unpaired) electrons. The Kier molecular flexibility index (Phi) is 6.48. The molecule has 1 aliphatic heterocycles. The van der Waals surface area contributed by atoms with E-state index in [9.17, 15) is 4.79 Å². The molecule has 1 saturated heterocycles. The molecule has 3 rings (SSSR count). The van der Waals surface area contributed by atoms with Gasteiger partial charge in [0.15, 0.2) is 11.5 Å². The van der Waals surface area contributed by atoms with Gasteiger partial charge in [-0.15, -0.1) is 10.2 Å². The fourth-order valence-electron chi connectivity index (χ4n) is 2.89. The van der Waals surface area contributed by atoms with Crippen LogP contribution in [0.2, 0.25) is 0 Å². The zero-order chi connectivity index (χ0) is 19.1. The third kappa shape index (κ3) is 5.33. The average molecular weight is 370 g/mol. The summed E-state index contributed by atoms with van der Waals surface area (Å²) in [5.74, 6) is 1.36. The second-order valence-corrected chi connectivity index (χ2v) is 6.71. The number of anilines is 2. The number of hydrogen-bond acceptors (Lipinski definition) is 8. The average Bonchev–Trinajstić information content (AvgIpc) is 2.72. The summed E-state index contributed by atoms with van der Waals surface area (Å²) in [5.41, 5.74) is 0.347. The van der Waals surface area contributed by atoms with Gasteiger partial charge in [0.2, 0.25) is 5.95 Å². The molecule has 3 heterocycles. The Balaban J connectivity index is 1.48. The van der Waals surface area contributed by atoms with Gasteiger partial charge in [-0.2, -0.15) is 0 Å². The Labute approximate surface area is 159 Å². The van der Waals surface area contributed by atoms with Gasteiger partial charge in [-0.1, -0.05) is 0 Å². The normalized spacial score (nSPS) is 14.5. The minimum Gasteiger partial charge on any atom is -0.352 e. The van der Waals surface area contributed by atoms with Gasteiger partial charge in [-0.25, -0.2) is 9.97 Å². The van der Waals surface area contributed by atoms with Crippen LogP contribution in [0.4, 0.5) is 11.8 Å². The smallest absolute Gasteiger partial charge is 0.271 e. The van der Waals surface area contributed by atoms with E-state index in [1.165, 1.54) is 0 Å². The second-order valence-electron chi connectivity index (χ2n) is 6.71. The monoisotopic (exact) mass is 370 g/mol. The van der Waals surface area contributed by atoms with Gasteiger partial charge in [0.1, 0.15) is 0 Å². The summed E-state index contributed by atoms with van der Waals surface area (Å²) in [6.07, 6.45) is 4.41. The predicted molar refractivity (Wildman–Crippen MR) is 104 cm³/mol. The van der Waals surface area contributed by atoms with Gasteiger partial charge in [0.05, 0.1) is 0 Å². The van der Waals surface area contributed by atoms with Crippen molar-refractivity contribution in [2.45, 2.75) is 6.42 Å². The van der Waals surface area contributed by atoms with Crippen LogP contribution in [0.3, 0.4) is 0 Å². The molecule has 0 aliphatic carbocycles. The Hall–Kier alpha value is -2.81. The first-order valence-corrected chi connectivity index (χ1v) is 9.17. The second kappa shape index (κ2) is 9.22. The number of hydrogen-bond donors (Lipinski definition) is 1. The SMILES string of the molecule is CN(C)CCCNC(=O)c1ccc(N2CCN(c3ncccn3)CC2)nn1. The lowest BCUT2D eigenvalue weighted by atomic mass is 10.3. The van der Waals surface area contributed by atoms with Crippen molar-refractivity contribution in [3.05, 3.63) is 36.3 Å². The summed E-state index contributed by atoms with van der Waals surface area (Å²) in [4.78, 5) is 27.1. The molecule has 1 fully saturated rings. The van der Waals surface area contributed by atoms with Gasteiger partial charge >= 0.3 is 0 Å². The quantitative estimate of drug-likeness (QED) is 0.695. The Morgan fingerprint density at radius 3 is 2.41 bits per heavy atom. The van der Waals surface area contributed by atoms with E-state index in [4.69, 9.17) is 0 Å². The van der Waals surface area contributed by atoms with Gasteiger partial charge in [0, 0.05) is 45.1 Å². The minimum atomic E-state index is -0.182. The predicted octanol–water partition coefficient (Wildman–Crippen LogP) is 0.275. The van der Waals surface area contributed by atoms with E-state index in [1.807, 2.05) is 26.2 Å². The van der Waals surface area contributed by atoms with Crippen molar-refractivity contribution in [3.8, 4) is 0 Å². The lowest BCUT2D eigenvalue weighted by molar-refractivity contribution is 0.0946. The first-order valence-electron chi connectivity index (χ1n) is 9.17. The Bertz CT molecular complexity index is 714. The van der Waals surface area contributed by atoms with Crippen molar-refractivity contribution in [1.82, 2.24) is 30.4 Å². The van der Waals surface area contributed by atoms with Crippen molar-refractivity contribution < 1.29 is 4.79 Å². The van der Waals surface area contributed by atoms with Gasteiger partial charge < -0.3 is 20.0 Å². The van der Waals surface area contributed by atoms with Crippen LogP contribution in [0.5, 0.6) is 0 Å². The van der Waals surface area contributed by atoms with Crippen LogP contribution in [-0.2, 0) is 0 Å². The van der Waals surface area contributed by atoms with Crippen molar-refractivity contribution in [2.24, 2.45) is 0 Å². The highest BCUT2D eigenvalue weighted by molar-refractivity contribution is 5.92. The molecule has 1 amide bonds. The molecular formula is C18H26N8O. The topological polar surface area (TPSA) is 90.4 Å². The van der Waals surface area contributed by atoms with Crippen molar-refractivity contribution >= 4 is 17.7 Å². The number of carbonyl (C=O) groups excluding carboxylic acids is 1. The highest BCUT2D eigenvalue weighted by Gasteiger charge is 2.20. The molecule has 0 aromatic carbocycles. The number of carbonyl (C=O) groups is 1. The summed E-state index contributed by atoms with van der Waals surface area (Å²) in [7, 11) is 4.03. The maximum atomic E-state index is 12.1. The molecule has 9 heteroatoms. The van der Waals surface area contributed by atoms with Gasteiger partial charge in [0.25, 0.3) is 5.91 Å². The Morgan fingerprint density at radius 2 is 1.78 bits per heavy atom. The van der Waals surface area contributed by atoms with E-state index in [1.54, 1.807) is 18.5 Å². The molecule has 0 bridgehead atoms. The van der Waals surface area contributed by atoms with Crippen molar-refractivity contribution in [3.63, 3.8) is 0 Å². The highest BCUT2D eigenvalue weighted by Crippen LogP contribution is 2.15. The molecule has 27 heavy (non-hydrogen) atoms. The number of rotatable bonds is 7. The van der Waals surface area contributed by atoms with Gasteiger partial charge in [-0.05, 0) is 45.3 Å². The van der Waals surface area contributed by atoms with Crippen LogP contribution in [0.15, 0.2) is 30.6 Å². The summed E-state index contributed by atoms with van der Waals surface area (Å²) in [5, 5.41) is 11.2. The zero-order valence-electron chi connectivity index (χ0n) is 15.9. The lowest BCUT2D eigenvalue weighted by Crippen LogP contribution is -2.47. The lowest BCUT2D eigenvalue weighted by Gasteiger charge is -2.35. The maximum Gasteiger partial charge on any atom is 0.271 e. The largest absolute Gasteiger partial charge is 0.352 e. The summed E-state index contributed by atoms with van der Waals surface area (Å²) in [6, 6.07) is 5.40.